The molecule has 140 valence electrons. The predicted octanol–water partition coefficient (Wildman–Crippen LogP) is 2.42. The van der Waals surface area contributed by atoms with E-state index in [1.807, 2.05) is 37.3 Å². The maximum Gasteiger partial charge on any atom is 0.317 e. The molecule has 0 aromatic heterocycles. The number of fused-ring (bicyclic) bond motifs is 2. The quantitative estimate of drug-likeness (QED) is 0.876. The van der Waals surface area contributed by atoms with Crippen LogP contribution in [0, 0.1) is 0 Å². The van der Waals surface area contributed by atoms with Crippen LogP contribution in [0.25, 0.3) is 0 Å². The first-order chi connectivity index (χ1) is 13.0. The Kier molecular flexibility index (Phi) is 4.48. The molecule has 2 aromatic rings. The summed E-state index contributed by atoms with van der Waals surface area (Å²) >= 11 is 0. The number of urea groups is 1. The molecule has 0 spiro atoms. The van der Waals surface area contributed by atoms with Crippen LogP contribution in [0.4, 0.5) is 4.79 Å². The van der Waals surface area contributed by atoms with Gasteiger partial charge in [-0.15, -0.1) is 0 Å². The summed E-state index contributed by atoms with van der Waals surface area (Å²) in [6, 6.07) is 13.3. The van der Waals surface area contributed by atoms with Crippen molar-refractivity contribution < 1.29 is 14.3 Å². The van der Waals surface area contributed by atoms with Gasteiger partial charge in [-0.3, -0.25) is 4.79 Å². The summed E-state index contributed by atoms with van der Waals surface area (Å²) in [4.78, 5) is 26.2. The summed E-state index contributed by atoms with van der Waals surface area (Å²) in [7, 11) is 0. The molecule has 4 rings (SSSR count). The van der Waals surface area contributed by atoms with Crippen molar-refractivity contribution in [3.8, 4) is 5.75 Å². The summed E-state index contributed by atoms with van der Waals surface area (Å²) < 4.78 is 5.73. The zero-order valence-electron chi connectivity index (χ0n) is 15.3. The third kappa shape index (κ3) is 3.23. The van der Waals surface area contributed by atoms with Crippen LogP contribution in [-0.2, 0) is 13.0 Å². The monoisotopic (exact) mass is 365 g/mol. The number of ether oxygens (including phenoxy) is 1. The lowest BCUT2D eigenvalue weighted by molar-refractivity contribution is 0.0999. The van der Waals surface area contributed by atoms with E-state index >= 15 is 0 Å². The highest BCUT2D eigenvalue weighted by molar-refractivity contribution is 5.94. The molecule has 2 aliphatic heterocycles. The van der Waals surface area contributed by atoms with Gasteiger partial charge in [0.05, 0.1) is 6.61 Å². The van der Waals surface area contributed by atoms with Crippen LogP contribution in [0.1, 0.15) is 39.9 Å². The molecular formula is C21H23N3O3. The number of benzene rings is 2. The van der Waals surface area contributed by atoms with Gasteiger partial charge in [0.2, 0.25) is 5.91 Å². The van der Waals surface area contributed by atoms with E-state index in [2.05, 4.69) is 11.4 Å². The van der Waals surface area contributed by atoms with Crippen LogP contribution in [0.15, 0.2) is 42.5 Å². The Balaban J connectivity index is 1.44. The first-order valence-electron chi connectivity index (χ1n) is 9.22. The van der Waals surface area contributed by atoms with E-state index in [9.17, 15) is 9.59 Å². The van der Waals surface area contributed by atoms with Gasteiger partial charge in [-0.2, -0.15) is 0 Å². The first kappa shape index (κ1) is 17.4. The van der Waals surface area contributed by atoms with Gasteiger partial charge in [0.15, 0.2) is 0 Å². The highest BCUT2D eigenvalue weighted by Gasteiger charge is 2.31. The summed E-state index contributed by atoms with van der Waals surface area (Å²) in [6.07, 6.45) is 0.631. The molecular weight excluding hydrogens is 342 g/mol. The minimum atomic E-state index is -0.418. The fraction of sp³-hybridized carbons (Fsp3) is 0.333. The van der Waals surface area contributed by atoms with Crippen molar-refractivity contribution in [2.24, 2.45) is 5.73 Å². The van der Waals surface area contributed by atoms with Gasteiger partial charge in [-0.05, 0) is 36.6 Å². The van der Waals surface area contributed by atoms with Crippen LogP contribution in [0.5, 0.6) is 5.75 Å². The van der Waals surface area contributed by atoms with Gasteiger partial charge in [0.1, 0.15) is 5.75 Å². The van der Waals surface area contributed by atoms with E-state index in [-0.39, 0.29) is 18.0 Å². The number of hydrogen-bond donors (Lipinski definition) is 2. The maximum atomic E-state index is 12.8. The van der Waals surface area contributed by atoms with Crippen molar-refractivity contribution in [1.29, 1.82) is 0 Å². The van der Waals surface area contributed by atoms with Crippen LogP contribution in [0.2, 0.25) is 0 Å². The third-order valence-corrected chi connectivity index (χ3v) is 5.51. The molecule has 2 unspecified atom stereocenters. The second-order valence-corrected chi connectivity index (χ2v) is 7.17. The molecule has 6 nitrogen and oxygen atoms in total. The Hall–Kier alpha value is -3.02. The van der Waals surface area contributed by atoms with Crippen LogP contribution < -0.4 is 15.8 Å². The molecule has 0 saturated carbocycles. The predicted molar refractivity (Wildman–Crippen MR) is 102 cm³/mol. The number of hydrogen-bond acceptors (Lipinski definition) is 3. The summed E-state index contributed by atoms with van der Waals surface area (Å²) in [6.45, 7) is 3.63. The molecule has 0 radical (unpaired) electrons. The Labute approximate surface area is 158 Å². The third-order valence-electron chi connectivity index (χ3n) is 5.51. The Morgan fingerprint density at radius 1 is 1.22 bits per heavy atom. The minimum Gasteiger partial charge on any atom is -0.493 e. The topological polar surface area (TPSA) is 84.7 Å². The molecule has 2 aromatic carbocycles. The lowest BCUT2D eigenvalue weighted by atomic mass is 9.93. The molecule has 27 heavy (non-hydrogen) atoms. The molecule has 0 bridgehead atoms. The van der Waals surface area contributed by atoms with E-state index in [0.29, 0.717) is 31.7 Å². The molecule has 2 atom stereocenters. The number of rotatable bonds is 3. The summed E-state index contributed by atoms with van der Waals surface area (Å²) in [5, 5.41) is 3.12. The van der Waals surface area contributed by atoms with E-state index in [1.54, 1.807) is 11.0 Å². The molecule has 3 amide bonds. The van der Waals surface area contributed by atoms with Gasteiger partial charge in [0, 0.05) is 36.2 Å². The van der Waals surface area contributed by atoms with E-state index in [4.69, 9.17) is 10.5 Å². The lowest BCUT2D eigenvalue weighted by Gasteiger charge is -2.31. The van der Waals surface area contributed by atoms with Crippen molar-refractivity contribution in [1.82, 2.24) is 10.2 Å². The van der Waals surface area contributed by atoms with Crippen LogP contribution in [-0.4, -0.2) is 36.0 Å². The molecule has 2 heterocycles. The van der Waals surface area contributed by atoms with Crippen molar-refractivity contribution in [2.75, 3.05) is 13.2 Å². The largest absolute Gasteiger partial charge is 0.493 e. The molecule has 6 heteroatoms. The normalized spacial score (nSPS) is 18.9. The van der Waals surface area contributed by atoms with E-state index in [0.717, 1.165) is 22.4 Å². The molecule has 0 saturated heterocycles. The van der Waals surface area contributed by atoms with E-state index in [1.165, 1.54) is 0 Å². The Morgan fingerprint density at radius 3 is 2.85 bits per heavy atom. The van der Waals surface area contributed by atoms with Crippen molar-refractivity contribution >= 4 is 11.9 Å². The second-order valence-electron chi connectivity index (χ2n) is 7.17. The van der Waals surface area contributed by atoms with Gasteiger partial charge in [-0.1, -0.05) is 30.3 Å². The zero-order chi connectivity index (χ0) is 19.0. The zero-order valence-corrected chi connectivity index (χ0v) is 15.3. The Morgan fingerprint density at radius 2 is 2.04 bits per heavy atom. The standard InChI is InChI=1S/C21H23N3O3/c1-13(18-12-27-19-8-3-2-6-16(18)19)23-21(26)24-10-9-15-14(11-24)5-4-7-17(15)20(22)25/h2-8,13,18H,9-12H2,1H3,(H2,22,25)(H,23,26). The van der Waals surface area contributed by atoms with Gasteiger partial charge in [-0.25, -0.2) is 4.79 Å². The molecule has 3 N–H and O–H groups in total. The number of carbonyl (C=O) groups is 2. The highest BCUT2D eigenvalue weighted by atomic mass is 16.5. The fourth-order valence-electron chi connectivity index (χ4n) is 4.00. The SMILES string of the molecule is CC(NC(=O)N1CCc2c(cccc2C(N)=O)C1)C1COc2ccccc21. The molecule has 0 aliphatic carbocycles. The summed E-state index contributed by atoms with van der Waals surface area (Å²) in [5.74, 6) is 0.622. The first-order valence-corrected chi connectivity index (χ1v) is 9.22. The highest BCUT2D eigenvalue weighted by Crippen LogP contribution is 2.35. The number of para-hydroxylation sites is 1. The van der Waals surface area contributed by atoms with Crippen molar-refractivity contribution in [3.63, 3.8) is 0 Å². The number of nitrogens with two attached hydrogens (primary N) is 1. The number of nitrogens with one attached hydrogen (secondary N) is 1. The van der Waals surface area contributed by atoms with Gasteiger partial charge < -0.3 is 20.7 Å². The number of nitrogens with zero attached hydrogens (tertiary/aromatic N) is 1. The smallest absolute Gasteiger partial charge is 0.317 e. The second kappa shape index (κ2) is 6.95. The van der Waals surface area contributed by atoms with E-state index < -0.39 is 5.91 Å². The van der Waals surface area contributed by atoms with Crippen LogP contribution in [0.3, 0.4) is 0 Å². The average molecular weight is 365 g/mol. The lowest BCUT2D eigenvalue weighted by Crippen LogP contribution is -2.47. The van der Waals surface area contributed by atoms with Gasteiger partial charge in [0.25, 0.3) is 0 Å². The number of carbonyl (C=O) groups excluding carboxylic acids is 2. The van der Waals surface area contributed by atoms with Crippen molar-refractivity contribution in [3.05, 3.63) is 64.7 Å². The average Bonchev–Trinajstić information content (AvgIpc) is 3.11. The Bertz CT molecular complexity index is 896. The number of primary amides is 1. The molecule has 0 fully saturated rings. The van der Waals surface area contributed by atoms with Gasteiger partial charge >= 0.3 is 6.03 Å². The molecule has 2 aliphatic rings. The van der Waals surface area contributed by atoms with Crippen molar-refractivity contribution in [2.45, 2.75) is 31.8 Å². The minimum absolute atomic E-state index is 0.0421. The fourth-order valence-corrected chi connectivity index (χ4v) is 4.00. The maximum absolute atomic E-state index is 12.8. The van der Waals surface area contributed by atoms with Crippen LogP contribution >= 0.6 is 0 Å². The number of amides is 3. The summed E-state index contributed by atoms with van der Waals surface area (Å²) in [5.41, 5.74) is 9.10.